The Bertz CT molecular complexity index is 266. The summed E-state index contributed by atoms with van der Waals surface area (Å²) in [6.45, 7) is 3.66. The number of carbonyl (C=O) groups is 2. The minimum Gasteiger partial charge on any atom is -0.326 e. The topological polar surface area (TPSA) is 63.4 Å². The molecule has 2 rings (SSSR count). The summed E-state index contributed by atoms with van der Waals surface area (Å²) in [5.41, 5.74) is 5.71. The third-order valence-corrected chi connectivity index (χ3v) is 3.55. The molecule has 0 radical (unpaired) electrons. The number of nitrogens with zero attached hydrogens (tertiary/aromatic N) is 1. The van der Waals surface area contributed by atoms with Crippen LogP contribution in [0.2, 0.25) is 0 Å². The molecule has 2 fully saturated rings. The molecular formula is C10H16N2O2. The summed E-state index contributed by atoms with van der Waals surface area (Å²) in [7, 11) is 0. The number of hydrogen-bond acceptors (Lipinski definition) is 3. The van der Waals surface area contributed by atoms with Gasteiger partial charge in [-0.3, -0.25) is 14.5 Å². The molecule has 4 heteroatoms. The van der Waals surface area contributed by atoms with Crippen molar-refractivity contribution in [2.24, 2.45) is 17.6 Å². The van der Waals surface area contributed by atoms with Crippen LogP contribution in [0.5, 0.6) is 0 Å². The van der Waals surface area contributed by atoms with Gasteiger partial charge >= 0.3 is 0 Å². The van der Waals surface area contributed by atoms with Crippen molar-refractivity contribution in [3.63, 3.8) is 0 Å². The second-order valence-electron chi connectivity index (χ2n) is 4.44. The molecule has 1 aliphatic heterocycles. The molecule has 0 bridgehead atoms. The van der Waals surface area contributed by atoms with Crippen molar-refractivity contribution in [2.45, 2.75) is 38.8 Å². The van der Waals surface area contributed by atoms with Gasteiger partial charge in [0.05, 0.1) is 17.9 Å². The van der Waals surface area contributed by atoms with E-state index in [-0.39, 0.29) is 35.7 Å². The Balaban J connectivity index is 2.19. The molecule has 1 aliphatic carbocycles. The Morgan fingerprint density at radius 3 is 1.93 bits per heavy atom. The van der Waals surface area contributed by atoms with Gasteiger partial charge < -0.3 is 5.73 Å². The molecule has 0 aromatic rings. The van der Waals surface area contributed by atoms with E-state index >= 15 is 0 Å². The lowest BCUT2D eigenvalue weighted by Gasteiger charge is -2.25. The molecule has 2 unspecified atom stereocenters. The SMILES string of the molecule is CC(N)C(C)N1C(=O)[C@H]2CC[C@H]2C1=O. The predicted molar refractivity (Wildman–Crippen MR) is 51.2 cm³/mol. The van der Waals surface area contributed by atoms with Crippen LogP contribution < -0.4 is 5.73 Å². The molecule has 4 nitrogen and oxygen atoms in total. The highest BCUT2D eigenvalue weighted by Gasteiger charge is 2.54. The zero-order valence-corrected chi connectivity index (χ0v) is 8.56. The molecule has 1 saturated heterocycles. The molecule has 2 amide bonds. The lowest BCUT2D eigenvalue weighted by molar-refractivity contribution is -0.142. The highest BCUT2D eigenvalue weighted by molar-refractivity contribution is 6.06. The van der Waals surface area contributed by atoms with E-state index < -0.39 is 0 Å². The molecule has 14 heavy (non-hydrogen) atoms. The first kappa shape index (κ1) is 9.65. The molecule has 2 N–H and O–H groups in total. The van der Waals surface area contributed by atoms with Crippen LogP contribution in [0.4, 0.5) is 0 Å². The highest BCUT2D eigenvalue weighted by Crippen LogP contribution is 2.43. The number of fused-ring (bicyclic) bond motifs is 1. The van der Waals surface area contributed by atoms with Gasteiger partial charge in [-0.05, 0) is 26.7 Å². The minimum absolute atomic E-state index is 0.00366. The van der Waals surface area contributed by atoms with Crippen molar-refractivity contribution in [3.8, 4) is 0 Å². The Kier molecular flexibility index (Phi) is 2.10. The fraction of sp³-hybridized carbons (Fsp3) is 0.800. The predicted octanol–water partition coefficient (Wildman–Crippen LogP) is 0.117. The smallest absolute Gasteiger partial charge is 0.233 e. The van der Waals surface area contributed by atoms with E-state index in [1.165, 1.54) is 4.90 Å². The summed E-state index contributed by atoms with van der Waals surface area (Å²) < 4.78 is 0. The summed E-state index contributed by atoms with van der Waals surface area (Å²) >= 11 is 0. The van der Waals surface area contributed by atoms with Crippen LogP contribution in [0.1, 0.15) is 26.7 Å². The molecule has 78 valence electrons. The summed E-state index contributed by atoms with van der Waals surface area (Å²) in [6, 6.07) is -0.319. The Morgan fingerprint density at radius 1 is 1.21 bits per heavy atom. The van der Waals surface area contributed by atoms with Crippen LogP contribution in [-0.4, -0.2) is 28.8 Å². The molecule has 1 saturated carbocycles. The van der Waals surface area contributed by atoms with Gasteiger partial charge in [-0.15, -0.1) is 0 Å². The van der Waals surface area contributed by atoms with Gasteiger partial charge in [0.2, 0.25) is 11.8 Å². The number of rotatable bonds is 2. The second-order valence-corrected chi connectivity index (χ2v) is 4.44. The number of hydrogen-bond donors (Lipinski definition) is 1. The maximum Gasteiger partial charge on any atom is 0.233 e. The monoisotopic (exact) mass is 196 g/mol. The van der Waals surface area contributed by atoms with Crippen LogP contribution in [0.25, 0.3) is 0 Å². The van der Waals surface area contributed by atoms with E-state index in [0.717, 1.165) is 12.8 Å². The van der Waals surface area contributed by atoms with Gasteiger partial charge in [0.25, 0.3) is 0 Å². The number of nitrogens with two attached hydrogens (primary N) is 1. The summed E-state index contributed by atoms with van der Waals surface area (Å²) in [5, 5.41) is 0. The Labute approximate surface area is 83.4 Å². The fourth-order valence-corrected chi connectivity index (χ4v) is 2.19. The minimum atomic E-state index is -0.166. The zero-order chi connectivity index (χ0) is 10.5. The van der Waals surface area contributed by atoms with E-state index in [9.17, 15) is 9.59 Å². The van der Waals surface area contributed by atoms with Gasteiger partial charge in [0.1, 0.15) is 0 Å². The molecule has 0 aromatic carbocycles. The van der Waals surface area contributed by atoms with Crippen molar-refractivity contribution in [2.75, 3.05) is 0 Å². The van der Waals surface area contributed by atoms with E-state index in [1.807, 2.05) is 13.8 Å². The summed E-state index contributed by atoms with van der Waals surface area (Å²) in [6.07, 6.45) is 1.74. The summed E-state index contributed by atoms with van der Waals surface area (Å²) in [5.74, 6) is -0.0560. The molecule has 4 atom stereocenters. The fourth-order valence-electron chi connectivity index (χ4n) is 2.19. The van der Waals surface area contributed by atoms with Crippen LogP contribution in [0.15, 0.2) is 0 Å². The van der Waals surface area contributed by atoms with Crippen molar-refractivity contribution in [1.82, 2.24) is 4.90 Å². The molecule has 0 spiro atoms. The standard InChI is InChI=1S/C10H16N2O2/c1-5(11)6(2)12-9(13)7-3-4-8(7)10(12)14/h5-8H,3-4,11H2,1-2H3/t5?,6?,7-,8+. The number of amides is 2. The number of carbonyl (C=O) groups excluding carboxylic acids is 2. The lowest BCUT2D eigenvalue weighted by atomic mass is 9.76. The number of likely N-dealkylation sites (tertiary alicyclic amines) is 1. The second kappa shape index (κ2) is 3.05. The third-order valence-electron chi connectivity index (χ3n) is 3.55. The van der Waals surface area contributed by atoms with E-state index in [4.69, 9.17) is 5.73 Å². The third kappa shape index (κ3) is 1.10. The normalized spacial score (nSPS) is 35.2. The van der Waals surface area contributed by atoms with E-state index in [0.29, 0.717) is 0 Å². The average Bonchev–Trinajstić information content (AvgIpc) is 2.16. The first-order chi connectivity index (χ1) is 6.54. The van der Waals surface area contributed by atoms with Crippen molar-refractivity contribution in [3.05, 3.63) is 0 Å². The van der Waals surface area contributed by atoms with Gasteiger partial charge in [-0.1, -0.05) is 0 Å². The van der Waals surface area contributed by atoms with Crippen LogP contribution in [0, 0.1) is 11.8 Å². The van der Waals surface area contributed by atoms with E-state index in [2.05, 4.69) is 0 Å². The maximum absolute atomic E-state index is 11.8. The van der Waals surface area contributed by atoms with Crippen LogP contribution in [0.3, 0.4) is 0 Å². The van der Waals surface area contributed by atoms with Gasteiger partial charge in [-0.25, -0.2) is 0 Å². The number of imide groups is 1. The quantitative estimate of drug-likeness (QED) is 0.638. The van der Waals surface area contributed by atoms with Crippen molar-refractivity contribution in [1.29, 1.82) is 0 Å². The van der Waals surface area contributed by atoms with Crippen molar-refractivity contribution >= 4 is 11.8 Å². The zero-order valence-electron chi connectivity index (χ0n) is 8.56. The Morgan fingerprint density at radius 2 is 1.64 bits per heavy atom. The van der Waals surface area contributed by atoms with Crippen LogP contribution in [-0.2, 0) is 9.59 Å². The van der Waals surface area contributed by atoms with Crippen molar-refractivity contribution < 1.29 is 9.59 Å². The highest BCUT2D eigenvalue weighted by atomic mass is 16.2. The van der Waals surface area contributed by atoms with Gasteiger partial charge in [-0.2, -0.15) is 0 Å². The van der Waals surface area contributed by atoms with Gasteiger partial charge in [0.15, 0.2) is 0 Å². The Hall–Kier alpha value is -0.900. The van der Waals surface area contributed by atoms with Gasteiger partial charge in [0, 0.05) is 6.04 Å². The molecular weight excluding hydrogens is 180 g/mol. The van der Waals surface area contributed by atoms with E-state index in [1.54, 1.807) is 0 Å². The lowest BCUT2D eigenvalue weighted by Crippen LogP contribution is -2.47. The average molecular weight is 196 g/mol. The largest absolute Gasteiger partial charge is 0.326 e. The molecule has 1 heterocycles. The first-order valence-corrected chi connectivity index (χ1v) is 5.16. The first-order valence-electron chi connectivity index (χ1n) is 5.16. The maximum atomic E-state index is 11.8. The molecule has 0 aromatic heterocycles. The van der Waals surface area contributed by atoms with Crippen LogP contribution >= 0.6 is 0 Å². The molecule has 2 aliphatic rings. The summed E-state index contributed by atoms with van der Waals surface area (Å²) in [4.78, 5) is 24.9.